The molecule has 1 aliphatic rings. The molecule has 1 aliphatic heterocycles. The zero-order valence-electron chi connectivity index (χ0n) is 13.1. The molecule has 2 rings (SSSR count). The van der Waals surface area contributed by atoms with Gasteiger partial charge in [-0.25, -0.2) is 4.89 Å². The average Bonchev–Trinajstić information content (AvgIpc) is 2.47. The van der Waals surface area contributed by atoms with Crippen LogP contribution in [-0.4, -0.2) is 40.8 Å². The largest absolute Gasteiger partial charge is 0.674 e. The van der Waals surface area contributed by atoms with Crippen molar-refractivity contribution in [3.63, 3.8) is 0 Å². The van der Waals surface area contributed by atoms with E-state index in [1.807, 2.05) is 6.07 Å². The molecule has 9 heteroatoms. The maximum absolute atomic E-state index is 10.8. The first kappa shape index (κ1) is 23.0. The van der Waals surface area contributed by atoms with E-state index >= 15 is 0 Å². The van der Waals surface area contributed by atoms with E-state index in [1.54, 1.807) is 13.0 Å². The molecular formula is C14H21BrN3O4Y-. The quantitative estimate of drug-likeness (QED) is 0.415. The minimum atomic E-state index is -0.377. The van der Waals surface area contributed by atoms with Gasteiger partial charge in [-0.1, -0.05) is 22.4 Å². The SMILES string of the molecule is CCOO.[NH-]C1CCCN(Cc2cc(Br)cc([N+](=O)[O-])c2)C1.[Y]. The number of likely N-dealkylation sites (tertiary alicyclic amines) is 1. The van der Waals surface area contributed by atoms with Crippen LogP contribution in [0.4, 0.5) is 5.69 Å². The summed E-state index contributed by atoms with van der Waals surface area (Å²) in [5.41, 5.74) is 8.79. The Kier molecular flexibility index (Phi) is 12.4. The topological polar surface area (TPSA) is 99.6 Å². The summed E-state index contributed by atoms with van der Waals surface area (Å²) < 4.78 is 0.728. The first-order chi connectivity index (χ1) is 10.5. The summed E-state index contributed by atoms with van der Waals surface area (Å²) in [6, 6.07) is 4.99. The smallest absolute Gasteiger partial charge is 0.270 e. The fraction of sp³-hybridized carbons (Fsp3) is 0.571. The van der Waals surface area contributed by atoms with Crippen LogP contribution in [0.3, 0.4) is 0 Å². The van der Waals surface area contributed by atoms with Gasteiger partial charge in [0.1, 0.15) is 0 Å². The normalized spacial score (nSPS) is 17.7. The van der Waals surface area contributed by atoms with E-state index in [0.717, 1.165) is 36.0 Å². The van der Waals surface area contributed by atoms with Crippen LogP contribution >= 0.6 is 15.9 Å². The predicted molar refractivity (Wildman–Crippen MR) is 87.7 cm³/mol. The zero-order valence-corrected chi connectivity index (χ0v) is 17.5. The Morgan fingerprint density at radius 1 is 1.52 bits per heavy atom. The maximum atomic E-state index is 10.8. The summed E-state index contributed by atoms with van der Waals surface area (Å²) in [5, 5.41) is 18.2. The van der Waals surface area contributed by atoms with Gasteiger partial charge < -0.3 is 10.6 Å². The first-order valence-electron chi connectivity index (χ1n) is 7.10. The van der Waals surface area contributed by atoms with Crippen LogP contribution in [0.2, 0.25) is 0 Å². The standard InChI is InChI=1S/C12H15BrN3O2.C2H6O2.Y/c13-10-4-9(5-12(6-10)16(17)18)7-15-3-1-2-11(14)8-15;1-2-4-3;/h4-6,11,14H,1-3,7-8H2;3H,2H2,1H3;/q-1;;. The second-order valence-electron chi connectivity index (χ2n) is 5.07. The van der Waals surface area contributed by atoms with Crippen LogP contribution in [0, 0.1) is 10.1 Å². The number of hydrogen-bond donors (Lipinski definition) is 1. The van der Waals surface area contributed by atoms with Crippen molar-refractivity contribution in [1.82, 2.24) is 4.90 Å². The molecule has 1 radical (unpaired) electrons. The number of nitro groups is 1. The number of piperidine rings is 1. The third kappa shape index (κ3) is 9.19. The van der Waals surface area contributed by atoms with Crippen molar-refractivity contribution in [2.45, 2.75) is 32.4 Å². The Labute approximate surface area is 169 Å². The number of rotatable bonds is 4. The second kappa shape index (κ2) is 12.4. The molecule has 0 amide bonds. The molecule has 1 heterocycles. The Morgan fingerprint density at radius 3 is 2.70 bits per heavy atom. The van der Waals surface area contributed by atoms with E-state index < -0.39 is 0 Å². The van der Waals surface area contributed by atoms with Crippen molar-refractivity contribution in [2.75, 3.05) is 19.7 Å². The molecule has 23 heavy (non-hydrogen) atoms. The van der Waals surface area contributed by atoms with Gasteiger partial charge in [0.25, 0.3) is 5.69 Å². The molecule has 0 saturated carbocycles. The van der Waals surface area contributed by atoms with E-state index in [2.05, 4.69) is 25.7 Å². The summed E-state index contributed by atoms with van der Waals surface area (Å²) in [4.78, 5) is 16.1. The number of nitro benzene ring substituents is 1. The maximum Gasteiger partial charge on any atom is 0.270 e. The van der Waals surface area contributed by atoms with Gasteiger partial charge in [0, 0.05) is 55.9 Å². The van der Waals surface area contributed by atoms with Gasteiger partial charge in [-0.2, -0.15) is 0 Å². The fourth-order valence-electron chi connectivity index (χ4n) is 2.29. The third-order valence-corrected chi connectivity index (χ3v) is 3.65. The van der Waals surface area contributed by atoms with Crippen LogP contribution in [0.1, 0.15) is 25.3 Å². The number of hydrogen-bond acceptors (Lipinski definition) is 5. The molecule has 2 N–H and O–H groups in total. The molecular weight excluding hydrogens is 443 g/mol. The van der Waals surface area contributed by atoms with Gasteiger partial charge in [-0.15, -0.1) is 6.04 Å². The minimum Gasteiger partial charge on any atom is -0.674 e. The van der Waals surface area contributed by atoms with Crippen molar-refractivity contribution in [2.24, 2.45) is 0 Å². The molecule has 1 aromatic carbocycles. The number of nitrogens with one attached hydrogen (secondary N) is 1. The molecule has 1 atom stereocenters. The molecule has 127 valence electrons. The Bertz CT molecular complexity index is 491. The average molecular weight is 464 g/mol. The van der Waals surface area contributed by atoms with Gasteiger partial charge >= 0.3 is 0 Å². The first-order valence-corrected chi connectivity index (χ1v) is 7.89. The molecule has 0 spiro atoms. The molecule has 0 aliphatic carbocycles. The second-order valence-corrected chi connectivity index (χ2v) is 5.98. The van der Waals surface area contributed by atoms with E-state index in [4.69, 9.17) is 11.0 Å². The van der Waals surface area contributed by atoms with Crippen LogP contribution in [0.15, 0.2) is 22.7 Å². The predicted octanol–water partition coefficient (Wildman–Crippen LogP) is 3.87. The molecule has 1 aromatic rings. The van der Waals surface area contributed by atoms with Gasteiger partial charge in [0.05, 0.1) is 11.5 Å². The third-order valence-electron chi connectivity index (χ3n) is 3.19. The van der Waals surface area contributed by atoms with Gasteiger partial charge in [0.2, 0.25) is 0 Å². The van der Waals surface area contributed by atoms with Crippen molar-refractivity contribution in [3.05, 3.63) is 44.1 Å². The summed E-state index contributed by atoms with van der Waals surface area (Å²) in [7, 11) is 0. The summed E-state index contributed by atoms with van der Waals surface area (Å²) in [6.07, 6.45) is 1.99. The molecule has 7 nitrogen and oxygen atoms in total. The van der Waals surface area contributed by atoms with Crippen molar-refractivity contribution >= 4 is 21.6 Å². The van der Waals surface area contributed by atoms with Crippen LogP contribution in [0.25, 0.3) is 5.73 Å². The summed E-state index contributed by atoms with van der Waals surface area (Å²) in [5.74, 6) is 0. The molecule has 0 aromatic heterocycles. The van der Waals surface area contributed by atoms with E-state index in [0.29, 0.717) is 13.2 Å². The molecule has 1 fully saturated rings. The van der Waals surface area contributed by atoms with Crippen LogP contribution in [0.5, 0.6) is 0 Å². The van der Waals surface area contributed by atoms with Crippen molar-refractivity contribution in [1.29, 1.82) is 0 Å². The number of nitrogens with zero attached hydrogens (tertiary/aromatic N) is 2. The fourth-order valence-corrected chi connectivity index (χ4v) is 2.82. The van der Waals surface area contributed by atoms with Gasteiger partial charge in [0.15, 0.2) is 0 Å². The van der Waals surface area contributed by atoms with Crippen LogP contribution in [-0.2, 0) is 44.1 Å². The Balaban J connectivity index is 0.000000871. The Morgan fingerprint density at radius 2 is 2.17 bits per heavy atom. The number of benzene rings is 1. The van der Waals surface area contributed by atoms with Crippen LogP contribution < -0.4 is 0 Å². The molecule has 0 bridgehead atoms. The van der Waals surface area contributed by atoms with E-state index in [1.165, 1.54) is 6.07 Å². The Hall–Kier alpha value is 0.0439. The minimum absolute atomic E-state index is 0. The van der Waals surface area contributed by atoms with E-state index in [9.17, 15) is 10.1 Å². The monoisotopic (exact) mass is 463 g/mol. The molecule has 1 saturated heterocycles. The van der Waals surface area contributed by atoms with Gasteiger partial charge in [-0.3, -0.25) is 15.4 Å². The molecule has 1 unspecified atom stereocenters. The summed E-state index contributed by atoms with van der Waals surface area (Å²) >= 11 is 3.30. The van der Waals surface area contributed by atoms with E-state index in [-0.39, 0.29) is 49.4 Å². The van der Waals surface area contributed by atoms with Crippen molar-refractivity contribution < 1.29 is 47.8 Å². The number of non-ortho nitro benzene ring substituents is 1. The van der Waals surface area contributed by atoms with Crippen molar-refractivity contribution in [3.8, 4) is 0 Å². The summed E-state index contributed by atoms with van der Waals surface area (Å²) in [6.45, 7) is 4.48. The zero-order chi connectivity index (χ0) is 16.5. The number of halogens is 1. The van der Waals surface area contributed by atoms with Gasteiger partial charge in [-0.05, 0) is 38.1 Å².